The van der Waals surface area contributed by atoms with Gasteiger partial charge < -0.3 is 25.2 Å². The van der Waals surface area contributed by atoms with Gasteiger partial charge in [0.15, 0.2) is 0 Å². The van der Waals surface area contributed by atoms with Crippen molar-refractivity contribution in [1.29, 1.82) is 0 Å². The van der Waals surface area contributed by atoms with Crippen molar-refractivity contribution in [2.45, 2.75) is 83.0 Å². The van der Waals surface area contributed by atoms with Crippen molar-refractivity contribution in [2.24, 2.45) is 5.92 Å². The van der Waals surface area contributed by atoms with Gasteiger partial charge in [-0.15, -0.1) is 0 Å². The van der Waals surface area contributed by atoms with Crippen LogP contribution in [-0.4, -0.2) is 64.9 Å². The van der Waals surface area contributed by atoms with Gasteiger partial charge in [-0.05, 0) is 60.1 Å². The molecule has 0 bridgehead atoms. The zero-order chi connectivity index (χ0) is 25.2. The topological polar surface area (TPSA) is 99.1 Å². The number of aliphatic hydroxyl groups excluding tert-OH is 2. The molecule has 8 heteroatoms. The molecule has 0 heterocycles. The maximum Gasteiger partial charge on any atom is 0.247 e. The van der Waals surface area contributed by atoms with Crippen LogP contribution in [0, 0.1) is 9.49 Å². The standard InChI is InChI=1S/C27H39IN2O5/c1-2-3-4-9-15-30(27(34)19-10-5-6-11-19)22-17-20(26(33)29-14-16-31)18-24(25(22)32)35-23-13-8-7-12-21(23)28/h7-8,12-13,18-19,22,24-25,31-32H,2-6,9-11,14-17H2,1H3,(H,29,33)/t22-,24+,25+/m1/s1. The van der Waals surface area contributed by atoms with E-state index in [9.17, 15) is 14.7 Å². The molecule has 0 aliphatic heterocycles. The van der Waals surface area contributed by atoms with Crippen molar-refractivity contribution in [2.75, 3.05) is 19.7 Å². The molecule has 0 unspecified atom stereocenters. The van der Waals surface area contributed by atoms with E-state index in [1.54, 1.807) is 6.08 Å². The summed E-state index contributed by atoms with van der Waals surface area (Å²) in [7, 11) is 0. The van der Waals surface area contributed by atoms with Crippen LogP contribution >= 0.6 is 22.6 Å². The van der Waals surface area contributed by atoms with Crippen molar-refractivity contribution < 1.29 is 24.5 Å². The number of carbonyl (C=O) groups excluding carboxylic acids is 2. The van der Waals surface area contributed by atoms with Gasteiger partial charge >= 0.3 is 0 Å². The Balaban J connectivity index is 1.89. The smallest absolute Gasteiger partial charge is 0.247 e. The Kier molecular flexibility index (Phi) is 11.3. The van der Waals surface area contributed by atoms with Gasteiger partial charge in [0.05, 0.1) is 16.2 Å². The first kappa shape index (κ1) is 27.9. The van der Waals surface area contributed by atoms with Gasteiger partial charge in [0.25, 0.3) is 0 Å². The Morgan fingerprint density at radius 1 is 1.17 bits per heavy atom. The number of amides is 2. The van der Waals surface area contributed by atoms with E-state index in [2.05, 4.69) is 34.8 Å². The monoisotopic (exact) mass is 598 g/mol. The zero-order valence-electron chi connectivity index (χ0n) is 20.6. The fourth-order valence-corrected chi connectivity index (χ4v) is 5.54. The third-order valence-electron chi connectivity index (χ3n) is 6.95. The van der Waals surface area contributed by atoms with Crippen molar-refractivity contribution in [1.82, 2.24) is 10.2 Å². The number of ether oxygens (including phenoxy) is 1. The molecule has 0 saturated heterocycles. The van der Waals surface area contributed by atoms with Crippen LogP contribution in [0.15, 0.2) is 35.9 Å². The molecule has 3 rings (SSSR count). The zero-order valence-corrected chi connectivity index (χ0v) is 22.8. The predicted octanol–water partition coefficient (Wildman–Crippen LogP) is 3.81. The van der Waals surface area contributed by atoms with Gasteiger partial charge in [-0.1, -0.05) is 51.2 Å². The summed E-state index contributed by atoms with van der Waals surface area (Å²) in [6, 6.07) is 6.99. The summed E-state index contributed by atoms with van der Waals surface area (Å²) < 4.78 is 7.11. The maximum atomic E-state index is 13.6. The third kappa shape index (κ3) is 7.67. The number of carbonyl (C=O) groups is 2. The normalized spacial score (nSPS) is 22.5. The minimum atomic E-state index is -0.961. The molecular weight excluding hydrogens is 559 g/mol. The van der Waals surface area contributed by atoms with Crippen molar-refractivity contribution in [3.05, 3.63) is 39.5 Å². The second-order valence-corrected chi connectivity index (χ2v) is 10.7. The van der Waals surface area contributed by atoms with Gasteiger partial charge in [0.2, 0.25) is 11.8 Å². The first-order valence-corrected chi connectivity index (χ1v) is 14.0. The summed E-state index contributed by atoms with van der Waals surface area (Å²) in [6.07, 6.45) is 8.18. The molecule has 3 atom stereocenters. The van der Waals surface area contributed by atoms with Gasteiger partial charge in [0.1, 0.15) is 18.0 Å². The molecule has 2 aliphatic rings. The second kappa shape index (κ2) is 14.2. The Hall–Kier alpha value is -1.65. The highest BCUT2D eigenvalue weighted by Gasteiger charge is 2.42. The number of unbranched alkanes of at least 4 members (excludes halogenated alkanes) is 3. The number of nitrogens with one attached hydrogen (secondary N) is 1. The van der Waals surface area contributed by atoms with E-state index in [-0.39, 0.29) is 37.3 Å². The van der Waals surface area contributed by atoms with Crippen molar-refractivity contribution in [3.63, 3.8) is 0 Å². The van der Waals surface area contributed by atoms with Crippen LogP contribution in [0.2, 0.25) is 0 Å². The number of para-hydroxylation sites is 1. The lowest BCUT2D eigenvalue weighted by Crippen LogP contribution is -2.56. The van der Waals surface area contributed by atoms with Crippen LogP contribution in [0.3, 0.4) is 0 Å². The summed E-state index contributed by atoms with van der Waals surface area (Å²) in [5.41, 5.74) is 0.475. The Labute approximate surface area is 222 Å². The predicted molar refractivity (Wildman–Crippen MR) is 144 cm³/mol. The summed E-state index contributed by atoms with van der Waals surface area (Å²) in [5.74, 6) is 0.404. The van der Waals surface area contributed by atoms with Crippen LogP contribution in [-0.2, 0) is 9.59 Å². The minimum absolute atomic E-state index is 0.0135. The minimum Gasteiger partial charge on any atom is -0.482 e. The molecule has 2 amide bonds. The number of nitrogens with zero attached hydrogens (tertiary/aromatic N) is 1. The first-order chi connectivity index (χ1) is 17.0. The first-order valence-electron chi connectivity index (χ1n) is 13.0. The Bertz CT molecular complexity index is 871. The number of hydrogen-bond donors (Lipinski definition) is 3. The van der Waals surface area contributed by atoms with E-state index >= 15 is 0 Å². The molecule has 2 aliphatic carbocycles. The van der Waals surface area contributed by atoms with Crippen molar-refractivity contribution >= 4 is 34.4 Å². The average molecular weight is 599 g/mol. The lowest BCUT2D eigenvalue weighted by atomic mass is 9.87. The highest BCUT2D eigenvalue weighted by atomic mass is 127. The summed E-state index contributed by atoms with van der Waals surface area (Å²) >= 11 is 2.18. The Morgan fingerprint density at radius 2 is 1.91 bits per heavy atom. The Morgan fingerprint density at radius 3 is 2.60 bits per heavy atom. The molecule has 1 saturated carbocycles. The van der Waals surface area contributed by atoms with E-state index in [4.69, 9.17) is 9.84 Å². The molecule has 0 spiro atoms. The van der Waals surface area contributed by atoms with E-state index in [1.807, 2.05) is 29.2 Å². The highest BCUT2D eigenvalue weighted by molar-refractivity contribution is 14.1. The van der Waals surface area contributed by atoms with Gasteiger partial charge in [-0.2, -0.15) is 0 Å². The van der Waals surface area contributed by atoms with E-state index in [0.717, 1.165) is 54.9 Å². The molecule has 1 aromatic carbocycles. The lowest BCUT2D eigenvalue weighted by molar-refractivity contribution is -0.142. The quantitative estimate of drug-likeness (QED) is 0.251. The molecule has 194 valence electrons. The van der Waals surface area contributed by atoms with Crippen LogP contribution in [0.1, 0.15) is 64.7 Å². The third-order valence-corrected chi connectivity index (χ3v) is 7.85. The molecule has 7 nitrogen and oxygen atoms in total. The number of halogens is 1. The number of hydrogen-bond acceptors (Lipinski definition) is 5. The SMILES string of the molecule is CCCCCCN(C(=O)C1CCCC1)[C@@H]1CC(C(=O)NCCO)=C[C@H](Oc2ccccc2I)[C@H]1O. The van der Waals surface area contributed by atoms with Gasteiger partial charge in [0, 0.05) is 31.0 Å². The molecular formula is C27H39IN2O5. The maximum absolute atomic E-state index is 13.6. The fraction of sp³-hybridized carbons (Fsp3) is 0.630. The van der Waals surface area contributed by atoms with Crippen LogP contribution in [0.4, 0.5) is 0 Å². The number of benzene rings is 1. The molecule has 0 aromatic heterocycles. The largest absolute Gasteiger partial charge is 0.482 e. The van der Waals surface area contributed by atoms with Crippen molar-refractivity contribution in [3.8, 4) is 5.75 Å². The summed E-state index contributed by atoms with van der Waals surface area (Å²) in [4.78, 5) is 28.4. The number of rotatable bonds is 12. The fourth-order valence-electron chi connectivity index (χ4n) is 5.02. The molecule has 1 fully saturated rings. The average Bonchev–Trinajstić information content (AvgIpc) is 3.40. The number of aliphatic hydroxyl groups is 2. The van der Waals surface area contributed by atoms with Crippen LogP contribution < -0.4 is 10.1 Å². The van der Waals surface area contributed by atoms with Gasteiger partial charge in [-0.25, -0.2) is 0 Å². The van der Waals surface area contributed by atoms with Gasteiger partial charge in [-0.3, -0.25) is 9.59 Å². The van der Waals surface area contributed by atoms with Crippen LogP contribution in [0.5, 0.6) is 5.75 Å². The van der Waals surface area contributed by atoms with Crippen LogP contribution in [0.25, 0.3) is 0 Å². The van der Waals surface area contributed by atoms with E-state index in [1.165, 1.54) is 0 Å². The summed E-state index contributed by atoms with van der Waals surface area (Å²) in [6.45, 7) is 2.71. The molecule has 1 aromatic rings. The highest BCUT2D eigenvalue weighted by Crippen LogP contribution is 2.33. The molecule has 0 radical (unpaired) electrons. The van der Waals surface area contributed by atoms with E-state index < -0.39 is 18.2 Å². The lowest BCUT2D eigenvalue weighted by Gasteiger charge is -2.41. The molecule has 3 N–H and O–H groups in total. The summed E-state index contributed by atoms with van der Waals surface area (Å²) in [5, 5.41) is 23.4. The second-order valence-electron chi connectivity index (χ2n) is 9.52. The van der Waals surface area contributed by atoms with E-state index in [0.29, 0.717) is 17.9 Å². The molecule has 35 heavy (non-hydrogen) atoms.